The first kappa shape index (κ1) is 14.9. The summed E-state index contributed by atoms with van der Waals surface area (Å²) in [6, 6.07) is 12.2. The van der Waals surface area contributed by atoms with Gasteiger partial charge in [0.05, 0.1) is 7.11 Å². The Morgan fingerprint density at radius 2 is 1.90 bits per heavy atom. The maximum absolute atomic E-state index is 6.23. The van der Waals surface area contributed by atoms with Crippen molar-refractivity contribution in [3.05, 3.63) is 63.7 Å². The average molecular weight is 290 g/mol. The first-order valence-electron chi connectivity index (χ1n) is 6.70. The van der Waals surface area contributed by atoms with Crippen LogP contribution in [0.1, 0.15) is 22.3 Å². The Kier molecular flexibility index (Phi) is 5.05. The minimum Gasteiger partial charge on any atom is -0.496 e. The van der Waals surface area contributed by atoms with Crippen LogP contribution < -0.4 is 10.1 Å². The van der Waals surface area contributed by atoms with Crippen molar-refractivity contribution in [3.8, 4) is 5.75 Å². The lowest BCUT2D eigenvalue weighted by molar-refractivity contribution is 0.407. The number of halogens is 1. The summed E-state index contributed by atoms with van der Waals surface area (Å²) in [6.45, 7) is 5.75. The van der Waals surface area contributed by atoms with Crippen LogP contribution in [0.25, 0.3) is 0 Å². The zero-order valence-electron chi connectivity index (χ0n) is 12.2. The molecule has 0 atom stereocenters. The van der Waals surface area contributed by atoms with Gasteiger partial charge in [0.2, 0.25) is 0 Å². The van der Waals surface area contributed by atoms with E-state index in [0.29, 0.717) is 6.54 Å². The molecule has 3 heteroatoms. The third kappa shape index (κ3) is 3.53. The van der Waals surface area contributed by atoms with Gasteiger partial charge >= 0.3 is 0 Å². The summed E-state index contributed by atoms with van der Waals surface area (Å²) in [6.07, 6.45) is 0. The van der Waals surface area contributed by atoms with E-state index >= 15 is 0 Å². The SMILES string of the molecule is COc1cccc(Cl)c1CNCc1cc(C)ccc1C. The molecule has 0 aliphatic heterocycles. The molecule has 0 radical (unpaired) electrons. The van der Waals surface area contributed by atoms with E-state index in [0.717, 1.165) is 22.9 Å². The molecule has 0 aliphatic carbocycles. The van der Waals surface area contributed by atoms with Gasteiger partial charge in [-0.15, -0.1) is 0 Å². The molecule has 0 saturated carbocycles. The second-order valence-electron chi connectivity index (χ2n) is 4.95. The Labute approximate surface area is 125 Å². The van der Waals surface area contributed by atoms with Gasteiger partial charge in [0.25, 0.3) is 0 Å². The molecule has 0 heterocycles. The highest BCUT2D eigenvalue weighted by molar-refractivity contribution is 6.31. The minimum absolute atomic E-state index is 0.691. The van der Waals surface area contributed by atoms with Gasteiger partial charge < -0.3 is 10.1 Å². The summed E-state index contributed by atoms with van der Waals surface area (Å²) in [5.41, 5.74) is 4.90. The first-order valence-corrected chi connectivity index (χ1v) is 7.08. The smallest absolute Gasteiger partial charge is 0.124 e. The van der Waals surface area contributed by atoms with E-state index in [1.807, 2.05) is 18.2 Å². The van der Waals surface area contributed by atoms with Gasteiger partial charge in [-0.05, 0) is 37.1 Å². The Hall–Kier alpha value is -1.51. The number of aryl methyl sites for hydroxylation is 2. The lowest BCUT2D eigenvalue weighted by Gasteiger charge is -2.12. The number of benzene rings is 2. The van der Waals surface area contributed by atoms with Crippen molar-refractivity contribution >= 4 is 11.6 Å². The highest BCUT2D eigenvalue weighted by atomic mass is 35.5. The summed E-state index contributed by atoms with van der Waals surface area (Å²) in [7, 11) is 1.67. The van der Waals surface area contributed by atoms with Crippen molar-refractivity contribution in [3.63, 3.8) is 0 Å². The van der Waals surface area contributed by atoms with E-state index in [4.69, 9.17) is 16.3 Å². The van der Waals surface area contributed by atoms with Crippen LogP contribution in [0.2, 0.25) is 5.02 Å². The van der Waals surface area contributed by atoms with Crippen molar-refractivity contribution in [2.24, 2.45) is 0 Å². The van der Waals surface area contributed by atoms with Gasteiger partial charge in [-0.3, -0.25) is 0 Å². The van der Waals surface area contributed by atoms with Gasteiger partial charge in [0.1, 0.15) is 5.75 Å². The molecule has 0 spiro atoms. The second kappa shape index (κ2) is 6.78. The molecule has 0 unspecified atom stereocenters. The van der Waals surface area contributed by atoms with E-state index in [1.165, 1.54) is 16.7 Å². The largest absolute Gasteiger partial charge is 0.496 e. The Morgan fingerprint density at radius 1 is 1.10 bits per heavy atom. The van der Waals surface area contributed by atoms with Crippen molar-refractivity contribution in [2.75, 3.05) is 7.11 Å². The molecule has 106 valence electrons. The summed E-state index contributed by atoms with van der Waals surface area (Å²) < 4.78 is 5.35. The van der Waals surface area contributed by atoms with E-state index in [-0.39, 0.29) is 0 Å². The lowest BCUT2D eigenvalue weighted by atomic mass is 10.1. The number of rotatable bonds is 5. The molecule has 0 fully saturated rings. The van der Waals surface area contributed by atoms with Crippen LogP contribution in [0.5, 0.6) is 5.75 Å². The number of ether oxygens (including phenoxy) is 1. The average Bonchev–Trinajstić information content (AvgIpc) is 2.44. The second-order valence-corrected chi connectivity index (χ2v) is 5.36. The summed E-state index contributed by atoms with van der Waals surface area (Å²) in [5, 5.41) is 4.17. The molecule has 1 N–H and O–H groups in total. The highest BCUT2D eigenvalue weighted by Crippen LogP contribution is 2.26. The molecular formula is C17H20ClNO. The molecule has 20 heavy (non-hydrogen) atoms. The van der Waals surface area contributed by atoms with Crippen LogP contribution in [-0.2, 0) is 13.1 Å². The number of nitrogens with one attached hydrogen (secondary N) is 1. The Bertz CT molecular complexity index is 596. The van der Waals surface area contributed by atoms with Crippen LogP contribution >= 0.6 is 11.6 Å². The van der Waals surface area contributed by atoms with E-state index in [2.05, 4.69) is 37.4 Å². The lowest BCUT2D eigenvalue weighted by Crippen LogP contribution is -2.14. The molecule has 0 saturated heterocycles. The molecule has 2 rings (SSSR count). The quantitative estimate of drug-likeness (QED) is 0.888. The van der Waals surface area contributed by atoms with Crippen molar-refractivity contribution in [2.45, 2.75) is 26.9 Å². The molecule has 2 aromatic rings. The van der Waals surface area contributed by atoms with Gasteiger partial charge in [0.15, 0.2) is 0 Å². The molecule has 0 bridgehead atoms. The van der Waals surface area contributed by atoms with Crippen LogP contribution in [0.3, 0.4) is 0 Å². The monoisotopic (exact) mass is 289 g/mol. The number of hydrogen-bond donors (Lipinski definition) is 1. The third-order valence-corrected chi connectivity index (χ3v) is 3.77. The molecule has 2 aromatic carbocycles. The number of hydrogen-bond acceptors (Lipinski definition) is 2. The zero-order valence-corrected chi connectivity index (χ0v) is 12.9. The van der Waals surface area contributed by atoms with Crippen LogP contribution in [0.4, 0.5) is 0 Å². The predicted octanol–water partition coefficient (Wildman–Crippen LogP) is 4.26. The Balaban J connectivity index is 2.05. The highest BCUT2D eigenvalue weighted by Gasteiger charge is 2.07. The van der Waals surface area contributed by atoms with Gasteiger partial charge in [-0.1, -0.05) is 41.4 Å². The van der Waals surface area contributed by atoms with E-state index < -0.39 is 0 Å². The first-order chi connectivity index (χ1) is 9.61. The zero-order chi connectivity index (χ0) is 14.5. The van der Waals surface area contributed by atoms with Crippen molar-refractivity contribution < 1.29 is 4.74 Å². The third-order valence-electron chi connectivity index (χ3n) is 3.42. The molecule has 0 amide bonds. The van der Waals surface area contributed by atoms with Gasteiger partial charge in [0, 0.05) is 23.7 Å². The van der Waals surface area contributed by atoms with E-state index in [9.17, 15) is 0 Å². The normalized spacial score (nSPS) is 10.6. The fourth-order valence-corrected chi connectivity index (χ4v) is 2.45. The topological polar surface area (TPSA) is 21.3 Å². The van der Waals surface area contributed by atoms with Crippen molar-refractivity contribution in [1.29, 1.82) is 0 Å². The van der Waals surface area contributed by atoms with E-state index in [1.54, 1.807) is 7.11 Å². The molecular weight excluding hydrogens is 270 g/mol. The molecule has 2 nitrogen and oxygen atoms in total. The molecule has 0 aliphatic rings. The fourth-order valence-electron chi connectivity index (χ4n) is 2.21. The minimum atomic E-state index is 0.691. The number of methoxy groups -OCH3 is 1. The summed E-state index contributed by atoms with van der Waals surface area (Å²) >= 11 is 6.23. The fraction of sp³-hybridized carbons (Fsp3) is 0.294. The molecule has 0 aromatic heterocycles. The van der Waals surface area contributed by atoms with Crippen LogP contribution in [-0.4, -0.2) is 7.11 Å². The van der Waals surface area contributed by atoms with Crippen LogP contribution in [0, 0.1) is 13.8 Å². The Morgan fingerprint density at radius 3 is 2.65 bits per heavy atom. The predicted molar refractivity (Wildman–Crippen MR) is 84.5 cm³/mol. The summed E-state index contributed by atoms with van der Waals surface area (Å²) in [5.74, 6) is 0.825. The maximum Gasteiger partial charge on any atom is 0.124 e. The standard InChI is InChI=1S/C17H20ClNO/c1-12-7-8-13(2)14(9-12)10-19-11-15-16(18)5-4-6-17(15)20-3/h4-9,19H,10-11H2,1-3H3. The van der Waals surface area contributed by atoms with Gasteiger partial charge in [-0.25, -0.2) is 0 Å². The van der Waals surface area contributed by atoms with Crippen LogP contribution in [0.15, 0.2) is 36.4 Å². The summed E-state index contributed by atoms with van der Waals surface area (Å²) in [4.78, 5) is 0. The van der Waals surface area contributed by atoms with Gasteiger partial charge in [-0.2, -0.15) is 0 Å². The van der Waals surface area contributed by atoms with Crippen molar-refractivity contribution in [1.82, 2.24) is 5.32 Å². The maximum atomic E-state index is 6.23.